The molecule has 6 aliphatic heterocycles. The molecule has 0 radical (unpaired) electrons. The minimum absolute atomic E-state index is 0.0245. The van der Waals surface area contributed by atoms with Gasteiger partial charge in [-0.1, -0.05) is 103 Å². The molecule has 0 amide bonds. The summed E-state index contributed by atoms with van der Waals surface area (Å²) in [5, 5.41) is 23.8. The van der Waals surface area contributed by atoms with Crippen LogP contribution in [0.1, 0.15) is 139 Å². The standard InChI is InChI=1S/C56H86O15/c1-12-14-15-16-17-21-45(57)67-51-37(8)64-47(28-43(51)61-10)69-52-38(9)65-46(29-44(52)62-11)68-49-33(4)19-18-20-39-31-63-53-48(58)36(7)26-42(56(39,53)60)54(59)66-41-27-40(23-22-34(49)5)70-55(30-41)25-24-35(6)50(71-55)32(3)13-2/h18-20,22,24-26,32-33,35,37-38,40-44,46-53,58,60H,12-17,21,23,27-31H2,1-11H3/b19-18+,34-22+,39-20+/t32-,33-,35-,37-,38-,40+,41-,42-,43+,44+,46-,47-,48+,49-,50+,51-,52-,53+,55+,56+/m0/s1. The Labute approximate surface area is 422 Å². The second-order valence-electron chi connectivity index (χ2n) is 21.6. The number of hydrogen-bond donors (Lipinski definition) is 2. The molecule has 15 heteroatoms. The summed E-state index contributed by atoms with van der Waals surface area (Å²) in [7, 11) is 3.27. The first kappa shape index (κ1) is 55.9. The number of fused-ring (bicyclic) bond motifs is 2. The van der Waals surface area contributed by atoms with Gasteiger partial charge in [0.05, 0.1) is 43.2 Å². The van der Waals surface area contributed by atoms with Gasteiger partial charge in [0.15, 0.2) is 24.5 Å². The van der Waals surface area contributed by atoms with E-state index < -0.39 is 103 Å². The summed E-state index contributed by atoms with van der Waals surface area (Å²) >= 11 is 0. The van der Waals surface area contributed by atoms with Crippen LogP contribution in [0.4, 0.5) is 0 Å². The number of rotatable bonds is 15. The van der Waals surface area contributed by atoms with Crippen LogP contribution in [0.2, 0.25) is 0 Å². The summed E-state index contributed by atoms with van der Waals surface area (Å²) in [6.45, 7) is 18.3. The SMILES string of the molecule is CCCCCCCC(=O)O[C@H]1[C@H](C)O[C@@H](O[C@H]2[C@H](C)O[C@@H](O[C@@H]3/C(C)=C/C[C@@H]4C[C@@H](C[C@]5(C=C[C@H](C)[C@@H]([C@@H](C)CC)O5)O4)OC(=O)[C@@H]4C=C(C)[C@@H](O)[C@H]5OC/C(=C\C=C\[C@@H]3C)[C@]54O)C[C@H]2OC)C[C@H]1OC. The molecule has 4 saturated heterocycles. The number of esters is 2. The van der Waals surface area contributed by atoms with Crippen LogP contribution in [-0.2, 0) is 61.7 Å². The van der Waals surface area contributed by atoms with Gasteiger partial charge in [-0.25, -0.2) is 0 Å². The van der Waals surface area contributed by atoms with Gasteiger partial charge in [-0.05, 0) is 69.2 Å². The van der Waals surface area contributed by atoms with E-state index in [1.165, 1.54) is 0 Å². The van der Waals surface area contributed by atoms with E-state index in [4.69, 9.17) is 52.1 Å². The van der Waals surface area contributed by atoms with Crippen molar-refractivity contribution < 1.29 is 71.9 Å². The van der Waals surface area contributed by atoms with Crippen molar-refractivity contribution in [1.29, 1.82) is 0 Å². The Hall–Kier alpha value is -2.80. The summed E-state index contributed by atoms with van der Waals surface area (Å²) in [5.74, 6) is -2.86. The lowest BCUT2D eigenvalue weighted by atomic mass is 9.71. The van der Waals surface area contributed by atoms with E-state index in [1.54, 1.807) is 33.3 Å². The minimum Gasteiger partial charge on any atom is -0.462 e. The molecule has 7 aliphatic rings. The molecule has 2 bridgehead atoms. The van der Waals surface area contributed by atoms with Crippen LogP contribution in [-0.4, -0.2) is 140 Å². The highest BCUT2D eigenvalue weighted by Gasteiger charge is 2.60. The Kier molecular flexibility index (Phi) is 19.5. The van der Waals surface area contributed by atoms with E-state index in [2.05, 4.69) is 46.8 Å². The number of carbonyl (C=O) groups excluding carboxylic acids is 2. The molecule has 0 unspecified atom stereocenters. The van der Waals surface area contributed by atoms with Gasteiger partial charge in [0, 0.05) is 58.2 Å². The summed E-state index contributed by atoms with van der Waals surface area (Å²) in [6.07, 6.45) is 14.1. The van der Waals surface area contributed by atoms with Crippen LogP contribution in [0.15, 0.2) is 59.3 Å². The highest BCUT2D eigenvalue weighted by Crippen LogP contribution is 2.47. The summed E-state index contributed by atoms with van der Waals surface area (Å²) in [6, 6.07) is 0. The van der Waals surface area contributed by atoms with Gasteiger partial charge in [-0.2, -0.15) is 0 Å². The quantitative estimate of drug-likeness (QED) is 0.0910. The van der Waals surface area contributed by atoms with E-state index >= 15 is 0 Å². The number of methoxy groups -OCH3 is 2. The van der Waals surface area contributed by atoms with Gasteiger partial charge in [0.1, 0.15) is 42.0 Å². The smallest absolute Gasteiger partial charge is 0.316 e. The minimum atomic E-state index is -1.85. The molecule has 1 spiro atoms. The van der Waals surface area contributed by atoms with Crippen molar-refractivity contribution in [2.24, 2.45) is 23.7 Å². The molecule has 71 heavy (non-hydrogen) atoms. The third-order valence-electron chi connectivity index (χ3n) is 16.2. The number of allylic oxidation sites excluding steroid dienone is 2. The van der Waals surface area contributed by atoms with E-state index in [-0.39, 0.29) is 42.9 Å². The molecule has 1 aliphatic carbocycles. The van der Waals surface area contributed by atoms with Gasteiger partial charge in [0.25, 0.3) is 0 Å². The Morgan fingerprint density at radius 3 is 2.25 bits per heavy atom. The van der Waals surface area contributed by atoms with Crippen molar-refractivity contribution in [1.82, 2.24) is 0 Å². The van der Waals surface area contributed by atoms with Crippen LogP contribution in [0, 0.1) is 23.7 Å². The molecule has 15 nitrogen and oxygen atoms in total. The van der Waals surface area contributed by atoms with Gasteiger partial charge >= 0.3 is 11.9 Å². The van der Waals surface area contributed by atoms with Crippen LogP contribution >= 0.6 is 0 Å². The number of hydrogen-bond acceptors (Lipinski definition) is 15. The molecule has 0 aromatic heterocycles. The predicted octanol–water partition coefficient (Wildman–Crippen LogP) is 8.29. The first-order chi connectivity index (χ1) is 33.9. The Bertz CT molecular complexity index is 1950. The Morgan fingerprint density at radius 2 is 1.55 bits per heavy atom. The van der Waals surface area contributed by atoms with Crippen molar-refractivity contribution in [2.45, 2.75) is 237 Å². The molecule has 6 heterocycles. The third kappa shape index (κ3) is 12.8. The summed E-state index contributed by atoms with van der Waals surface area (Å²) in [4.78, 5) is 27.2. The largest absolute Gasteiger partial charge is 0.462 e. The van der Waals surface area contributed by atoms with E-state index in [0.29, 0.717) is 43.3 Å². The first-order valence-corrected chi connectivity index (χ1v) is 26.8. The maximum Gasteiger partial charge on any atom is 0.316 e. The first-order valence-electron chi connectivity index (χ1n) is 26.8. The number of ether oxygens (including phenoxy) is 11. The van der Waals surface area contributed by atoms with Crippen molar-refractivity contribution in [2.75, 3.05) is 20.8 Å². The average Bonchev–Trinajstić information content (AvgIpc) is 3.68. The van der Waals surface area contributed by atoms with E-state index in [0.717, 1.165) is 44.1 Å². The highest BCUT2D eigenvalue weighted by atomic mass is 16.7. The second-order valence-corrected chi connectivity index (χ2v) is 21.6. The number of unbranched alkanes of at least 4 members (excludes halogenated alkanes) is 4. The number of aliphatic hydroxyl groups excluding tert-OH is 1. The third-order valence-corrected chi connectivity index (χ3v) is 16.2. The zero-order valence-corrected chi connectivity index (χ0v) is 44.3. The van der Waals surface area contributed by atoms with Gasteiger partial charge < -0.3 is 62.3 Å². The maximum absolute atomic E-state index is 14.4. The lowest BCUT2D eigenvalue weighted by Crippen LogP contribution is -2.58. The van der Waals surface area contributed by atoms with Crippen LogP contribution in [0.3, 0.4) is 0 Å². The molecule has 2 N–H and O–H groups in total. The average molecular weight is 999 g/mol. The Morgan fingerprint density at radius 1 is 0.859 bits per heavy atom. The fraction of sp³-hybridized carbons (Fsp3) is 0.786. The van der Waals surface area contributed by atoms with Gasteiger partial charge in [-0.3, -0.25) is 9.59 Å². The van der Waals surface area contributed by atoms with Crippen molar-refractivity contribution in [3.8, 4) is 0 Å². The van der Waals surface area contributed by atoms with Crippen molar-refractivity contribution in [3.63, 3.8) is 0 Å². The monoisotopic (exact) mass is 999 g/mol. The van der Waals surface area contributed by atoms with Crippen LogP contribution < -0.4 is 0 Å². The normalized spacial score (nSPS) is 44.3. The maximum atomic E-state index is 14.4. The molecule has 0 aromatic carbocycles. The second kappa shape index (κ2) is 24.7. The van der Waals surface area contributed by atoms with E-state index in [1.807, 2.05) is 39.0 Å². The van der Waals surface area contributed by atoms with Crippen LogP contribution in [0.25, 0.3) is 0 Å². The van der Waals surface area contributed by atoms with Crippen molar-refractivity contribution in [3.05, 3.63) is 59.3 Å². The number of carbonyl (C=O) groups is 2. The molecule has 7 rings (SSSR count). The fourth-order valence-electron chi connectivity index (χ4n) is 11.8. The van der Waals surface area contributed by atoms with E-state index in [9.17, 15) is 19.8 Å². The zero-order chi connectivity index (χ0) is 51.2. The topological polar surface area (TPSA) is 176 Å². The lowest BCUT2D eigenvalue weighted by molar-refractivity contribution is -0.319. The van der Waals surface area contributed by atoms with Crippen LogP contribution in [0.5, 0.6) is 0 Å². The van der Waals surface area contributed by atoms with Crippen molar-refractivity contribution >= 4 is 11.9 Å². The zero-order valence-electron chi connectivity index (χ0n) is 44.3. The Balaban J connectivity index is 1.10. The predicted molar refractivity (Wildman–Crippen MR) is 265 cm³/mol. The molecular weight excluding hydrogens is 913 g/mol. The van der Waals surface area contributed by atoms with Gasteiger partial charge in [0.2, 0.25) is 0 Å². The summed E-state index contributed by atoms with van der Waals surface area (Å²) in [5.41, 5.74) is 0.108. The highest BCUT2D eigenvalue weighted by molar-refractivity contribution is 5.78. The molecule has 20 atom stereocenters. The molecule has 0 aromatic rings. The van der Waals surface area contributed by atoms with Gasteiger partial charge in [-0.15, -0.1) is 0 Å². The lowest BCUT2D eigenvalue weighted by Gasteiger charge is -2.48. The molecule has 4 fully saturated rings. The molecular formula is C56H86O15. The number of aliphatic hydroxyl groups is 2. The molecule has 0 saturated carbocycles. The molecule has 400 valence electrons. The summed E-state index contributed by atoms with van der Waals surface area (Å²) < 4.78 is 70.8. The fourth-order valence-corrected chi connectivity index (χ4v) is 11.8.